The molecule has 0 aliphatic heterocycles. The number of methoxy groups -OCH3 is 1. The molecule has 0 aliphatic rings. The van der Waals surface area contributed by atoms with Gasteiger partial charge in [0.05, 0.1) is 23.7 Å². The summed E-state index contributed by atoms with van der Waals surface area (Å²) in [5, 5.41) is 3.42. The summed E-state index contributed by atoms with van der Waals surface area (Å²) < 4.78 is 6.35. The van der Waals surface area contributed by atoms with Gasteiger partial charge in [-0.2, -0.15) is 0 Å². The summed E-state index contributed by atoms with van der Waals surface area (Å²) in [5.41, 5.74) is 4.40. The Labute approximate surface area is 156 Å². The van der Waals surface area contributed by atoms with E-state index in [1.165, 1.54) is 23.8 Å². The summed E-state index contributed by atoms with van der Waals surface area (Å²) in [6, 6.07) is 9.25. The van der Waals surface area contributed by atoms with Gasteiger partial charge in [0.2, 0.25) is 5.91 Å². The van der Waals surface area contributed by atoms with Crippen molar-refractivity contribution in [2.45, 2.75) is 27.2 Å². The number of Topliss-reactive ketones (excluding diaryl/α,β-unsaturated/α-hetero) is 1. The second-order valence-electron chi connectivity index (χ2n) is 6.26. The molecule has 0 radical (unpaired) electrons. The maximum absolute atomic E-state index is 12.5. The molecule has 6 heteroatoms. The van der Waals surface area contributed by atoms with Crippen LogP contribution in [-0.4, -0.2) is 23.8 Å². The van der Waals surface area contributed by atoms with Crippen molar-refractivity contribution in [1.29, 1.82) is 0 Å². The van der Waals surface area contributed by atoms with Gasteiger partial charge < -0.3 is 10.1 Å². The molecule has 26 heavy (non-hydrogen) atoms. The van der Waals surface area contributed by atoms with Gasteiger partial charge in [-0.1, -0.05) is 17.4 Å². The number of aromatic nitrogens is 1. The maximum atomic E-state index is 12.5. The van der Waals surface area contributed by atoms with Crippen LogP contribution in [0.5, 0.6) is 5.75 Å². The topological polar surface area (TPSA) is 68.3 Å². The molecule has 0 saturated heterocycles. The van der Waals surface area contributed by atoms with E-state index < -0.39 is 0 Å². The van der Waals surface area contributed by atoms with Crippen LogP contribution in [0, 0.1) is 13.8 Å². The first kappa shape index (κ1) is 18.1. The second-order valence-corrected chi connectivity index (χ2v) is 7.29. The van der Waals surface area contributed by atoms with E-state index in [0.29, 0.717) is 22.0 Å². The number of ketones is 1. The number of carbonyl (C=O) groups is 2. The van der Waals surface area contributed by atoms with Gasteiger partial charge in [-0.05, 0) is 56.2 Å². The van der Waals surface area contributed by atoms with Crippen molar-refractivity contribution >= 4 is 38.4 Å². The summed E-state index contributed by atoms with van der Waals surface area (Å²) in [5.74, 6) is 0.338. The molecule has 1 heterocycles. The number of benzene rings is 2. The number of nitrogens with one attached hydrogen (secondary N) is 1. The van der Waals surface area contributed by atoms with E-state index in [1.54, 1.807) is 25.3 Å². The molecule has 1 aromatic heterocycles. The van der Waals surface area contributed by atoms with Crippen molar-refractivity contribution < 1.29 is 14.3 Å². The quantitative estimate of drug-likeness (QED) is 0.682. The molecule has 2 aromatic carbocycles. The zero-order chi connectivity index (χ0) is 18.8. The van der Waals surface area contributed by atoms with Gasteiger partial charge in [-0.15, -0.1) is 0 Å². The number of amides is 1. The van der Waals surface area contributed by atoms with Crippen LogP contribution in [0.2, 0.25) is 0 Å². The first-order valence-electron chi connectivity index (χ1n) is 8.23. The summed E-state index contributed by atoms with van der Waals surface area (Å²) >= 11 is 1.45. The summed E-state index contributed by atoms with van der Waals surface area (Å²) in [4.78, 5) is 28.6. The van der Waals surface area contributed by atoms with E-state index in [1.807, 2.05) is 13.8 Å². The Bertz CT molecular complexity index is 1010. The standard InChI is InChI=1S/C20H20N2O3S/c1-11-7-12(2)19-17(8-11)26-20(22-19)21-18(24)10-15-9-14(13(3)23)5-6-16(15)25-4/h5-9H,10H2,1-4H3,(H,21,22,24). The Balaban J connectivity index is 1.82. The molecule has 0 spiro atoms. The molecule has 5 nitrogen and oxygen atoms in total. The van der Waals surface area contributed by atoms with E-state index in [9.17, 15) is 9.59 Å². The monoisotopic (exact) mass is 368 g/mol. The molecule has 0 unspecified atom stereocenters. The third kappa shape index (κ3) is 3.75. The minimum atomic E-state index is -0.197. The molecule has 1 N–H and O–H groups in total. The minimum Gasteiger partial charge on any atom is -0.496 e. The summed E-state index contributed by atoms with van der Waals surface area (Å²) in [6.07, 6.45) is 0.109. The van der Waals surface area contributed by atoms with Crippen LogP contribution >= 0.6 is 11.3 Å². The highest BCUT2D eigenvalue weighted by molar-refractivity contribution is 7.22. The molecule has 0 atom stereocenters. The summed E-state index contributed by atoms with van der Waals surface area (Å²) in [7, 11) is 1.54. The fourth-order valence-corrected chi connectivity index (χ4v) is 3.95. The van der Waals surface area contributed by atoms with Crippen molar-refractivity contribution in [2.24, 2.45) is 0 Å². The van der Waals surface area contributed by atoms with Gasteiger partial charge in [-0.3, -0.25) is 9.59 Å². The van der Waals surface area contributed by atoms with Crippen LogP contribution in [0.1, 0.15) is 34.0 Å². The molecule has 3 aromatic rings. The largest absolute Gasteiger partial charge is 0.496 e. The Hall–Kier alpha value is -2.73. The number of nitrogens with zero attached hydrogens (tertiary/aromatic N) is 1. The maximum Gasteiger partial charge on any atom is 0.230 e. The average molecular weight is 368 g/mol. The number of carbonyl (C=O) groups excluding carboxylic acids is 2. The Kier molecular flexibility index (Phi) is 5.04. The van der Waals surface area contributed by atoms with Crippen LogP contribution in [-0.2, 0) is 11.2 Å². The number of aryl methyl sites for hydroxylation is 2. The molecule has 0 aliphatic carbocycles. The number of hydrogen-bond donors (Lipinski definition) is 1. The number of fused-ring (bicyclic) bond motifs is 1. The lowest BCUT2D eigenvalue weighted by atomic mass is 10.0. The van der Waals surface area contributed by atoms with Gasteiger partial charge in [0.15, 0.2) is 10.9 Å². The normalized spacial score (nSPS) is 10.8. The number of hydrogen-bond acceptors (Lipinski definition) is 5. The van der Waals surface area contributed by atoms with Crippen LogP contribution in [0.15, 0.2) is 30.3 Å². The first-order chi connectivity index (χ1) is 12.4. The molecule has 0 saturated carbocycles. The van der Waals surface area contributed by atoms with Crippen molar-refractivity contribution in [2.75, 3.05) is 12.4 Å². The zero-order valence-electron chi connectivity index (χ0n) is 15.2. The molecular weight excluding hydrogens is 348 g/mol. The van der Waals surface area contributed by atoms with Crippen molar-refractivity contribution in [3.8, 4) is 5.75 Å². The highest BCUT2D eigenvalue weighted by atomic mass is 32.1. The minimum absolute atomic E-state index is 0.0497. The second kappa shape index (κ2) is 7.25. The lowest BCUT2D eigenvalue weighted by Gasteiger charge is -2.09. The lowest BCUT2D eigenvalue weighted by molar-refractivity contribution is -0.115. The number of anilines is 1. The van der Waals surface area contributed by atoms with E-state index >= 15 is 0 Å². The van der Waals surface area contributed by atoms with Crippen molar-refractivity contribution in [1.82, 2.24) is 4.98 Å². The molecule has 0 fully saturated rings. The first-order valence-corrected chi connectivity index (χ1v) is 9.04. The highest BCUT2D eigenvalue weighted by Gasteiger charge is 2.14. The highest BCUT2D eigenvalue weighted by Crippen LogP contribution is 2.29. The molecule has 1 amide bonds. The number of rotatable bonds is 5. The third-order valence-electron chi connectivity index (χ3n) is 4.11. The number of ether oxygens (including phenoxy) is 1. The van der Waals surface area contributed by atoms with Gasteiger partial charge in [0.25, 0.3) is 0 Å². The Morgan fingerprint density at radius 2 is 1.96 bits per heavy atom. The van der Waals surface area contributed by atoms with Crippen molar-refractivity contribution in [3.05, 3.63) is 52.6 Å². The molecule has 3 rings (SSSR count). The predicted octanol–water partition coefficient (Wildman–Crippen LogP) is 4.31. The van der Waals surface area contributed by atoms with Gasteiger partial charge in [0.1, 0.15) is 5.75 Å². The van der Waals surface area contributed by atoms with Gasteiger partial charge in [-0.25, -0.2) is 4.98 Å². The SMILES string of the molecule is COc1ccc(C(C)=O)cc1CC(=O)Nc1nc2c(C)cc(C)cc2s1. The van der Waals surface area contributed by atoms with E-state index in [4.69, 9.17) is 4.74 Å². The third-order valence-corrected chi connectivity index (χ3v) is 5.03. The van der Waals surface area contributed by atoms with Crippen LogP contribution in [0.3, 0.4) is 0 Å². The molecular formula is C20H20N2O3S. The van der Waals surface area contributed by atoms with E-state index in [-0.39, 0.29) is 18.1 Å². The van der Waals surface area contributed by atoms with Gasteiger partial charge in [0, 0.05) is 11.1 Å². The smallest absolute Gasteiger partial charge is 0.230 e. The van der Waals surface area contributed by atoms with Crippen LogP contribution in [0.4, 0.5) is 5.13 Å². The molecule has 0 bridgehead atoms. The van der Waals surface area contributed by atoms with E-state index in [2.05, 4.69) is 22.4 Å². The van der Waals surface area contributed by atoms with E-state index in [0.717, 1.165) is 15.8 Å². The number of thiazole rings is 1. The van der Waals surface area contributed by atoms with Crippen LogP contribution < -0.4 is 10.1 Å². The fourth-order valence-electron chi connectivity index (χ4n) is 2.90. The van der Waals surface area contributed by atoms with Gasteiger partial charge >= 0.3 is 0 Å². The predicted molar refractivity (Wildman–Crippen MR) is 104 cm³/mol. The average Bonchev–Trinajstić information content (AvgIpc) is 2.97. The Morgan fingerprint density at radius 1 is 1.19 bits per heavy atom. The summed E-state index contributed by atoms with van der Waals surface area (Å²) in [6.45, 7) is 5.55. The zero-order valence-corrected chi connectivity index (χ0v) is 16.0. The van der Waals surface area contributed by atoms with Crippen LogP contribution in [0.25, 0.3) is 10.2 Å². The fraction of sp³-hybridized carbons (Fsp3) is 0.250. The molecule has 134 valence electrons. The lowest BCUT2D eigenvalue weighted by Crippen LogP contribution is -2.15. The Morgan fingerprint density at radius 3 is 2.65 bits per heavy atom. The van der Waals surface area contributed by atoms with Crippen molar-refractivity contribution in [3.63, 3.8) is 0 Å².